The Morgan fingerprint density at radius 2 is 1.81 bits per heavy atom. The molecule has 1 fully saturated rings. The van der Waals surface area contributed by atoms with Crippen LogP contribution in [0.4, 0.5) is 0 Å². The molecule has 1 aromatic carbocycles. The average molecular weight is 402 g/mol. The topological polar surface area (TPSA) is 123 Å². The second kappa shape index (κ2) is 7.59. The van der Waals surface area contributed by atoms with Crippen LogP contribution in [0.3, 0.4) is 0 Å². The van der Waals surface area contributed by atoms with Gasteiger partial charge in [-0.25, -0.2) is 8.42 Å². The molecule has 0 spiro atoms. The van der Waals surface area contributed by atoms with E-state index in [9.17, 15) is 23.7 Å². The molecule has 5 atom stereocenters. The summed E-state index contributed by atoms with van der Waals surface area (Å²) in [4.78, 5) is -0.232. The number of ether oxygens (including phenoxy) is 3. The summed E-state index contributed by atoms with van der Waals surface area (Å²) in [6.07, 6.45) is -2.06. The number of sulfone groups is 1. The van der Waals surface area contributed by atoms with Gasteiger partial charge in [0.15, 0.2) is 5.60 Å². The normalized spacial score (nSPS) is 32.9. The van der Waals surface area contributed by atoms with Crippen LogP contribution in [-0.4, -0.2) is 73.6 Å². The molecule has 0 saturated carbocycles. The molecule has 0 bridgehead atoms. The largest absolute Gasteiger partial charge is 0.377 e. The Morgan fingerprint density at radius 3 is 2.26 bits per heavy atom. The second-order valence-electron chi connectivity index (χ2n) is 6.70. The van der Waals surface area contributed by atoms with Crippen LogP contribution in [0.1, 0.15) is 12.5 Å². The molecular weight excluding hydrogens is 376 g/mol. The first-order chi connectivity index (χ1) is 12.5. The highest BCUT2D eigenvalue weighted by atomic mass is 32.2. The van der Waals surface area contributed by atoms with Crippen molar-refractivity contribution in [3.63, 3.8) is 0 Å². The summed E-state index contributed by atoms with van der Waals surface area (Å²) in [5.74, 6) is -2.93. The molecule has 1 heterocycles. The first kappa shape index (κ1) is 22.0. The van der Waals surface area contributed by atoms with Crippen LogP contribution < -0.4 is 0 Å². The van der Waals surface area contributed by atoms with Gasteiger partial charge in [0.05, 0.1) is 11.5 Å². The third kappa shape index (κ3) is 3.33. The van der Waals surface area contributed by atoms with E-state index >= 15 is 0 Å². The summed E-state index contributed by atoms with van der Waals surface area (Å²) in [6, 6.07) is 5.70. The van der Waals surface area contributed by atoms with Gasteiger partial charge in [-0.15, -0.1) is 0 Å². The Kier molecular flexibility index (Phi) is 6.18. The lowest BCUT2D eigenvalue weighted by Crippen LogP contribution is -2.75. The zero-order valence-corrected chi connectivity index (χ0v) is 16.6. The number of hydrogen-bond acceptors (Lipinski definition) is 8. The van der Waals surface area contributed by atoms with Crippen LogP contribution in [0.25, 0.3) is 0 Å². The molecule has 27 heavy (non-hydrogen) atoms. The summed E-state index contributed by atoms with van der Waals surface area (Å²) in [5.41, 5.74) is -4.21. The summed E-state index contributed by atoms with van der Waals surface area (Å²) in [7, 11) is -1.88. The fraction of sp³-hybridized carbons (Fsp3) is 0.556. The molecule has 1 unspecified atom stereocenters. The van der Waals surface area contributed by atoms with Gasteiger partial charge in [0.25, 0.3) is 0 Å². The first-order valence-corrected chi connectivity index (χ1v) is 9.80. The van der Waals surface area contributed by atoms with Crippen LogP contribution in [0.2, 0.25) is 0 Å². The van der Waals surface area contributed by atoms with Crippen molar-refractivity contribution < 1.29 is 37.9 Å². The van der Waals surface area contributed by atoms with Crippen molar-refractivity contribution in [1.29, 1.82) is 0 Å². The van der Waals surface area contributed by atoms with Crippen LogP contribution in [0.5, 0.6) is 0 Å². The van der Waals surface area contributed by atoms with Crippen LogP contribution in [0.15, 0.2) is 41.3 Å². The lowest BCUT2D eigenvalue weighted by molar-refractivity contribution is -0.373. The van der Waals surface area contributed by atoms with Crippen LogP contribution >= 0.6 is 0 Å². The summed E-state index contributed by atoms with van der Waals surface area (Å²) < 4.78 is 41.6. The zero-order chi connectivity index (χ0) is 20.6. The first-order valence-electron chi connectivity index (χ1n) is 8.25. The van der Waals surface area contributed by atoms with Crippen LogP contribution in [-0.2, 0) is 24.0 Å². The summed E-state index contributed by atoms with van der Waals surface area (Å²) in [5, 5.41) is 33.0. The quantitative estimate of drug-likeness (QED) is 0.575. The highest BCUT2D eigenvalue weighted by Crippen LogP contribution is 2.44. The van der Waals surface area contributed by atoms with Crippen molar-refractivity contribution in [3.05, 3.63) is 42.0 Å². The van der Waals surface area contributed by atoms with Crippen molar-refractivity contribution in [1.82, 2.24) is 0 Å². The zero-order valence-electron chi connectivity index (χ0n) is 15.7. The summed E-state index contributed by atoms with van der Waals surface area (Å²) in [6.45, 7) is 6.45. The van der Waals surface area contributed by atoms with Gasteiger partial charge in [0, 0.05) is 14.2 Å². The number of aryl methyl sites for hydroxylation is 1. The molecule has 152 valence electrons. The SMILES string of the molecule is C=C(C)[C@@]1(O)[C@H](OC)[C@H](OC)CO[C@]1(O)C(O)S(=O)(=O)c1ccc(C)cc1. The third-order valence-electron chi connectivity index (χ3n) is 4.95. The molecule has 8 nitrogen and oxygen atoms in total. The van der Waals surface area contributed by atoms with Crippen molar-refractivity contribution in [2.75, 3.05) is 20.8 Å². The van der Waals surface area contributed by atoms with Gasteiger partial charge in [-0.2, -0.15) is 0 Å². The van der Waals surface area contributed by atoms with Crippen molar-refractivity contribution in [3.8, 4) is 0 Å². The molecule has 2 rings (SSSR count). The number of hydrogen-bond donors (Lipinski definition) is 3. The molecule has 9 heteroatoms. The Morgan fingerprint density at radius 1 is 1.26 bits per heavy atom. The minimum Gasteiger partial charge on any atom is -0.377 e. The van der Waals surface area contributed by atoms with Gasteiger partial charge < -0.3 is 29.5 Å². The van der Waals surface area contributed by atoms with Crippen molar-refractivity contribution in [2.45, 2.75) is 47.8 Å². The second-order valence-corrected chi connectivity index (χ2v) is 8.70. The highest BCUT2D eigenvalue weighted by molar-refractivity contribution is 7.92. The van der Waals surface area contributed by atoms with Gasteiger partial charge >= 0.3 is 0 Å². The smallest absolute Gasteiger partial charge is 0.244 e. The molecule has 0 amide bonds. The Bertz CT molecular complexity index is 790. The van der Waals surface area contributed by atoms with Gasteiger partial charge in [-0.3, -0.25) is 0 Å². The standard InChI is InChI=1S/C18H26O8S/c1-11(2)17(20)15(25-5)14(24-4)10-26-18(17,21)16(19)27(22,23)13-8-6-12(3)7-9-13/h6-9,14-16,19-21H,1,10H2,2-5H3/t14-,15-,16?,17-,18-/m1/s1. The van der Waals surface area contributed by atoms with E-state index in [0.29, 0.717) is 0 Å². The van der Waals surface area contributed by atoms with Crippen molar-refractivity contribution >= 4 is 9.84 Å². The van der Waals surface area contributed by atoms with E-state index in [0.717, 1.165) is 5.56 Å². The van der Waals surface area contributed by atoms with E-state index < -0.39 is 38.9 Å². The molecular formula is C18H26O8S. The van der Waals surface area contributed by atoms with E-state index in [1.165, 1.54) is 33.3 Å². The maximum Gasteiger partial charge on any atom is 0.244 e. The molecule has 1 aliphatic heterocycles. The molecule has 1 aromatic rings. The van der Waals surface area contributed by atoms with E-state index in [4.69, 9.17) is 14.2 Å². The number of benzene rings is 1. The third-order valence-corrected chi connectivity index (χ3v) is 6.79. The molecule has 1 aliphatic rings. The minimum absolute atomic E-state index is 0.0586. The predicted molar refractivity (Wildman–Crippen MR) is 96.6 cm³/mol. The van der Waals surface area contributed by atoms with Gasteiger partial charge in [-0.1, -0.05) is 24.3 Å². The molecule has 3 N–H and O–H groups in total. The molecule has 1 saturated heterocycles. The summed E-state index contributed by atoms with van der Waals surface area (Å²) >= 11 is 0. The molecule has 0 aromatic heterocycles. The van der Waals surface area contributed by atoms with E-state index in [-0.39, 0.29) is 17.1 Å². The monoisotopic (exact) mass is 402 g/mol. The average Bonchev–Trinajstić information content (AvgIpc) is 2.63. The van der Waals surface area contributed by atoms with Gasteiger partial charge in [-0.05, 0) is 31.6 Å². The maximum atomic E-state index is 12.9. The molecule has 0 aliphatic carbocycles. The fourth-order valence-corrected chi connectivity index (χ4v) is 4.71. The van der Waals surface area contributed by atoms with E-state index in [1.807, 2.05) is 0 Å². The Labute approximate surface area is 158 Å². The Hall–Kier alpha value is -1.33. The molecule has 0 radical (unpaired) electrons. The van der Waals surface area contributed by atoms with Gasteiger partial charge in [0.2, 0.25) is 21.1 Å². The Balaban J connectivity index is 2.58. The van der Waals surface area contributed by atoms with Crippen molar-refractivity contribution in [2.24, 2.45) is 0 Å². The van der Waals surface area contributed by atoms with E-state index in [2.05, 4.69) is 6.58 Å². The lowest BCUT2D eigenvalue weighted by atomic mass is 9.77. The number of methoxy groups -OCH3 is 2. The van der Waals surface area contributed by atoms with E-state index in [1.54, 1.807) is 19.1 Å². The minimum atomic E-state index is -4.49. The lowest BCUT2D eigenvalue weighted by Gasteiger charge is -2.53. The maximum absolute atomic E-state index is 12.9. The predicted octanol–water partition coefficient (Wildman–Crippen LogP) is 0.143. The highest BCUT2D eigenvalue weighted by Gasteiger charge is 2.68. The van der Waals surface area contributed by atoms with Gasteiger partial charge in [0.1, 0.15) is 12.2 Å². The number of rotatable bonds is 6. The number of aliphatic hydroxyl groups excluding tert-OH is 1. The fourth-order valence-electron chi connectivity index (χ4n) is 3.27. The van der Waals surface area contributed by atoms with Crippen LogP contribution in [0, 0.1) is 6.92 Å². The number of aliphatic hydroxyl groups is 3.